The number of carbonyl (C=O) groups excluding carboxylic acids is 2. The predicted molar refractivity (Wildman–Crippen MR) is 156 cm³/mol. The Kier molecular flexibility index (Phi) is 12.2. The number of nitrogens with zero attached hydrogens (tertiary/aromatic N) is 3. The molecule has 252 valence electrons. The number of nitrogens with one attached hydrogen (secondary N) is 1. The van der Waals surface area contributed by atoms with Crippen molar-refractivity contribution < 1.29 is 50.2 Å². The molecule has 1 saturated heterocycles. The summed E-state index contributed by atoms with van der Waals surface area (Å²) in [7, 11) is 0. The van der Waals surface area contributed by atoms with Crippen LogP contribution in [0.3, 0.4) is 0 Å². The molecule has 0 saturated carbocycles. The van der Waals surface area contributed by atoms with E-state index in [2.05, 4.69) is 23.3 Å². The van der Waals surface area contributed by atoms with Crippen LogP contribution in [0.25, 0.3) is 10.9 Å². The van der Waals surface area contributed by atoms with Crippen LogP contribution in [0.5, 0.6) is 0 Å². The third-order valence-corrected chi connectivity index (χ3v) is 7.81. The van der Waals surface area contributed by atoms with E-state index in [9.17, 15) is 40.3 Å². The normalized spacial score (nSPS) is 14.3. The highest BCUT2D eigenvalue weighted by Crippen LogP contribution is 2.32. The summed E-state index contributed by atoms with van der Waals surface area (Å²) in [6.45, 7) is 8.37. The minimum absolute atomic E-state index is 0.0599. The quantitative estimate of drug-likeness (QED) is 0.277. The maximum Gasteiger partial charge on any atom is 0.490 e. The SMILES string of the molecule is CCN(CC)CCn1cc(C(=O)N2CCC(c3cc(CNC(=O)C(F)(F)F)ccc3F)CC2)c2ccccc21.O=C(O)C(F)(F)F. The second-order valence-corrected chi connectivity index (χ2v) is 10.7. The summed E-state index contributed by atoms with van der Waals surface area (Å²) in [6, 6.07) is 12.0. The van der Waals surface area contributed by atoms with Gasteiger partial charge in [-0.25, -0.2) is 9.18 Å². The third kappa shape index (κ3) is 9.44. The summed E-state index contributed by atoms with van der Waals surface area (Å²) < 4.78 is 86.0. The highest BCUT2D eigenvalue weighted by Gasteiger charge is 2.39. The third-order valence-electron chi connectivity index (χ3n) is 7.81. The van der Waals surface area contributed by atoms with Gasteiger partial charge in [-0.15, -0.1) is 0 Å². The monoisotopic (exact) mass is 660 g/mol. The van der Waals surface area contributed by atoms with Crippen molar-refractivity contribution in [3.8, 4) is 0 Å². The molecule has 0 aliphatic carbocycles. The van der Waals surface area contributed by atoms with Crippen molar-refractivity contribution in [3.05, 3.63) is 71.2 Å². The number of likely N-dealkylation sites (tertiary alicyclic amines) is 1. The van der Waals surface area contributed by atoms with E-state index in [0.717, 1.165) is 37.1 Å². The molecule has 8 nitrogen and oxygen atoms in total. The van der Waals surface area contributed by atoms with E-state index in [1.54, 1.807) is 4.90 Å². The van der Waals surface area contributed by atoms with Crippen LogP contribution in [0.1, 0.15) is 54.1 Å². The number of piperidine rings is 1. The van der Waals surface area contributed by atoms with E-state index < -0.39 is 30.0 Å². The fourth-order valence-electron chi connectivity index (χ4n) is 5.25. The molecule has 0 bridgehead atoms. The van der Waals surface area contributed by atoms with Gasteiger partial charge in [-0.1, -0.05) is 44.2 Å². The second kappa shape index (κ2) is 15.4. The number of hydrogen-bond acceptors (Lipinski definition) is 4. The average Bonchev–Trinajstić information content (AvgIpc) is 3.38. The minimum atomic E-state index is -5.08. The Morgan fingerprint density at radius 1 is 0.957 bits per heavy atom. The number of hydrogen-bond donors (Lipinski definition) is 2. The van der Waals surface area contributed by atoms with Crippen molar-refractivity contribution >= 4 is 28.7 Å². The molecule has 0 atom stereocenters. The number of rotatable bonds is 9. The van der Waals surface area contributed by atoms with Crippen molar-refractivity contribution in [2.45, 2.75) is 58.0 Å². The Balaban J connectivity index is 0.000000738. The molecule has 1 fully saturated rings. The molecule has 2 aromatic carbocycles. The first kappa shape index (κ1) is 36.3. The summed E-state index contributed by atoms with van der Waals surface area (Å²) in [5.41, 5.74) is 2.45. The zero-order valence-electron chi connectivity index (χ0n) is 25.2. The van der Waals surface area contributed by atoms with Crippen molar-refractivity contribution in [1.29, 1.82) is 0 Å². The maximum atomic E-state index is 14.7. The van der Waals surface area contributed by atoms with Gasteiger partial charge in [0, 0.05) is 49.8 Å². The van der Waals surface area contributed by atoms with Gasteiger partial charge in [0.15, 0.2) is 0 Å². The van der Waals surface area contributed by atoms with Gasteiger partial charge in [-0.2, -0.15) is 26.3 Å². The number of halogens is 7. The minimum Gasteiger partial charge on any atom is -0.475 e. The lowest BCUT2D eigenvalue weighted by atomic mass is 9.88. The molecule has 46 heavy (non-hydrogen) atoms. The Morgan fingerprint density at radius 3 is 2.13 bits per heavy atom. The first-order chi connectivity index (χ1) is 21.6. The van der Waals surface area contributed by atoms with Gasteiger partial charge >= 0.3 is 24.2 Å². The fraction of sp³-hybridized carbons (Fsp3) is 0.452. The molecular formula is C31H35F7N4O4. The molecule has 3 aromatic rings. The zero-order valence-corrected chi connectivity index (χ0v) is 25.2. The van der Waals surface area contributed by atoms with Crippen molar-refractivity contribution in [3.63, 3.8) is 0 Å². The highest BCUT2D eigenvalue weighted by atomic mass is 19.4. The number of aromatic nitrogens is 1. The molecule has 15 heteroatoms. The average molecular weight is 661 g/mol. The molecular weight excluding hydrogens is 625 g/mol. The molecule has 2 amide bonds. The molecule has 4 rings (SSSR count). The van der Waals surface area contributed by atoms with E-state index in [4.69, 9.17) is 9.90 Å². The number of carboxylic acids is 1. The number of amides is 2. The van der Waals surface area contributed by atoms with Crippen molar-refractivity contribution in [2.24, 2.45) is 0 Å². The van der Waals surface area contributed by atoms with Crippen molar-refractivity contribution in [2.75, 3.05) is 32.7 Å². The van der Waals surface area contributed by atoms with Gasteiger partial charge in [-0.3, -0.25) is 9.59 Å². The van der Waals surface area contributed by atoms with Crippen LogP contribution in [0, 0.1) is 5.82 Å². The number of likely N-dealkylation sites (N-methyl/N-ethyl adjacent to an activating group) is 1. The smallest absolute Gasteiger partial charge is 0.475 e. The standard InChI is InChI=1S/C29H34F4N4O2.C2HF3O2/c1-3-35(4-2)15-16-37-19-24(22-7-5-6-8-26(22)37)27(38)36-13-11-21(12-14-36)23-17-20(9-10-25(23)30)18-34-28(39)29(31,32)33;3-2(4,5)1(6)7/h5-10,17,19,21H,3-4,11-16,18H2,1-2H3,(H,34,39);(H,6,7). The van der Waals surface area contributed by atoms with E-state index in [-0.39, 0.29) is 18.4 Å². The summed E-state index contributed by atoms with van der Waals surface area (Å²) in [6.07, 6.45) is -7.07. The fourth-order valence-corrected chi connectivity index (χ4v) is 5.25. The van der Waals surface area contributed by atoms with E-state index in [0.29, 0.717) is 42.6 Å². The number of alkyl halides is 6. The number of para-hydroxylation sites is 1. The van der Waals surface area contributed by atoms with E-state index >= 15 is 0 Å². The lowest BCUT2D eigenvalue weighted by Crippen LogP contribution is -2.38. The molecule has 1 aromatic heterocycles. The summed E-state index contributed by atoms with van der Waals surface area (Å²) in [5, 5.41) is 9.85. The predicted octanol–water partition coefficient (Wildman–Crippen LogP) is 5.95. The maximum absolute atomic E-state index is 14.7. The number of benzene rings is 2. The zero-order chi connectivity index (χ0) is 34.2. The summed E-state index contributed by atoms with van der Waals surface area (Å²) in [5.74, 6) is -5.47. The molecule has 2 N–H and O–H groups in total. The summed E-state index contributed by atoms with van der Waals surface area (Å²) >= 11 is 0. The molecule has 1 aliphatic rings. The van der Waals surface area contributed by atoms with E-state index in [1.165, 1.54) is 18.2 Å². The first-order valence-electron chi connectivity index (χ1n) is 14.6. The molecule has 2 heterocycles. The van der Waals surface area contributed by atoms with Crippen LogP contribution in [-0.2, 0) is 22.7 Å². The number of carboxylic acid groups (broad SMARTS) is 1. The topological polar surface area (TPSA) is 94.9 Å². The van der Waals surface area contributed by atoms with Crippen LogP contribution >= 0.6 is 0 Å². The van der Waals surface area contributed by atoms with Crippen LogP contribution < -0.4 is 5.32 Å². The molecule has 1 aliphatic heterocycles. The highest BCUT2D eigenvalue weighted by molar-refractivity contribution is 6.07. The first-order valence-corrected chi connectivity index (χ1v) is 14.6. The number of fused-ring (bicyclic) bond motifs is 1. The lowest BCUT2D eigenvalue weighted by Gasteiger charge is -2.32. The Bertz CT molecular complexity index is 1510. The number of carbonyl (C=O) groups is 3. The largest absolute Gasteiger partial charge is 0.490 e. The Morgan fingerprint density at radius 2 is 1.57 bits per heavy atom. The molecule has 0 unspecified atom stereocenters. The lowest BCUT2D eigenvalue weighted by molar-refractivity contribution is -0.192. The van der Waals surface area contributed by atoms with Gasteiger partial charge in [0.25, 0.3) is 5.91 Å². The molecule has 0 radical (unpaired) electrons. The van der Waals surface area contributed by atoms with Gasteiger partial charge in [0.2, 0.25) is 0 Å². The Hall–Kier alpha value is -4.14. The van der Waals surface area contributed by atoms with Crippen LogP contribution in [0.15, 0.2) is 48.7 Å². The van der Waals surface area contributed by atoms with Crippen molar-refractivity contribution in [1.82, 2.24) is 19.7 Å². The molecule has 0 spiro atoms. The van der Waals surface area contributed by atoms with Gasteiger partial charge in [0.1, 0.15) is 5.82 Å². The van der Waals surface area contributed by atoms with Crippen LogP contribution in [-0.4, -0.2) is 82.3 Å². The van der Waals surface area contributed by atoms with E-state index in [1.807, 2.05) is 35.8 Å². The van der Waals surface area contributed by atoms with Gasteiger partial charge in [-0.05, 0) is 55.1 Å². The van der Waals surface area contributed by atoms with Gasteiger partial charge in [0.05, 0.1) is 5.56 Å². The summed E-state index contributed by atoms with van der Waals surface area (Å²) in [4.78, 5) is 37.7. The van der Waals surface area contributed by atoms with Crippen LogP contribution in [0.4, 0.5) is 30.7 Å². The Labute approximate surface area is 260 Å². The van der Waals surface area contributed by atoms with Crippen LogP contribution in [0.2, 0.25) is 0 Å². The second-order valence-electron chi connectivity index (χ2n) is 10.7. The van der Waals surface area contributed by atoms with Gasteiger partial charge < -0.3 is 24.8 Å². The number of aliphatic carboxylic acids is 1.